The van der Waals surface area contributed by atoms with E-state index in [1.807, 2.05) is 0 Å². The maximum atomic E-state index is 12.0. The highest BCUT2D eigenvalue weighted by Crippen LogP contribution is 2.20. The summed E-state index contributed by atoms with van der Waals surface area (Å²) in [6.45, 7) is 3.10. The quantitative estimate of drug-likeness (QED) is 0.768. The maximum Gasteiger partial charge on any atom is 0.255 e. The third-order valence-electron chi connectivity index (χ3n) is 3.60. The van der Waals surface area contributed by atoms with Crippen molar-refractivity contribution < 1.29 is 9.90 Å². The molecule has 0 atom stereocenters. The van der Waals surface area contributed by atoms with E-state index in [1.165, 1.54) is 18.5 Å². The number of nitrogens with zero attached hydrogens (tertiary/aromatic N) is 1. The normalized spacial score (nSPS) is 23.0. The fourth-order valence-corrected chi connectivity index (χ4v) is 2.57. The lowest BCUT2D eigenvalue weighted by molar-refractivity contribution is 0.0921. The molecule has 0 aliphatic heterocycles. The first-order valence-electron chi connectivity index (χ1n) is 6.88. The zero-order valence-electron chi connectivity index (χ0n) is 11.2. The van der Waals surface area contributed by atoms with E-state index in [-0.39, 0.29) is 17.7 Å². The Morgan fingerprint density at radius 2 is 2.05 bits per heavy atom. The second kappa shape index (κ2) is 6.52. The lowest BCUT2D eigenvalue weighted by atomic mass is 9.91. The van der Waals surface area contributed by atoms with Crippen LogP contribution in [0.3, 0.4) is 0 Å². The standard InChI is InChI=1S/C14H21N3O2/c1-2-16-10-3-5-11(6-4-10)17-14(19)12-7-8-15-9-13(12)18/h7-11,16,18H,2-6H2,1H3,(H,17,19). The van der Waals surface area contributed by atoms with E-state index in [1.54, 1.807) is 0 Å². The molecular weight excluding hydrogens is 242 g/mol. The summed E-state index contributed by atoms with van der Waals surface area (Å²) in [5.41, 5.74) is 0.295. The Bertz CT molecular complexity index is 428. The first-order valence-corrected chi connectivity index (χ1v) is 6.88. The molecule has 19 heavy (non-hydrogen) atoms. The fraction of sp³-hybridized carbons (Fsp3) is 0.571. The molecule has 0 unspecified atom stereocenters. The van der Waals surface area contributed by atoms with E-state index in [4.69, 9.17) is 0 Å². The summed E-state index contributed by atoms with van der Waals surface area (Å²) in [6, 6.07) is 2.32. The molecule has 0 radical (unpaired) electrons. The molecule has 5 nitrogen and oxygen atoms in total. The van der Waals surface area contributed by atoms with Crippen molar-refractivity contribution in [2.45, 2.75) is 44.7 Å². The highest BCUT2D eigenvalue weighted by atomic mass is 16.3. The number of aromatic nitrogens is 1. The molecule has 0 bridgehead atoms. The Kier molecular flexibility index (Phi) is 4.74. The predicted octanol–water partition coefficient (Wildman–Crippen LogP) is 1.44. The molecule has 5 heteroatoms. The predicted molar refractivity (Wildman–Crippen MR) is 73.1 cm³/mol. The highest BCUT2D eigenvalue weighted by molar-refractivity contribution is 5.96. The van der Waals surface area contributed by atoms with Crippen molar-refractivity contribution in [3.63, 3.8) is 0 Å². The van der Waals surface area contributed by atoms with Crippen molar-refractivity contribution in [1.29, 1.82) is 0 Å². The van der Waals surface area contributed by atoms with Crippen LogP contribution in [0.5, 0.6) is 5.75 Å². The van der Waals surface area contributed by atoms with Gasteiger partial charge in [0.25, 0.3) is 5.91 Å². The van der Waals surface area contributed by atoms with Gasteiger partial charge in [-0.05, 0) is 38.3 Å². The van der Waals surface area contributed by atoms with Crippen molar-refractivity contribution in [3.8, 4) is 5.75 Å². The van der Waals surface area contributed by atoms with Gasteiger partial charge in [-0.15, -0.1) is 0 Å². The number of nitrogens with one attached hydrogen (secondary N) is 2. The fourth-order valence-electron chi connectivity index (χ4n) is 2.57. The molecule has 1 aromatic rings. The number of amides is 1. The van der Waals surface area contributed by atoms with Crippen LogP contribution in [0.2, 0.25) is 0 Å². The zero-order chi connectivity index (χ0) is 13.7. The molecule has 1 amide bonds. The molecule has 3 N–H and O–H groups in total. The highest BCUT2D eigenvalue weighted by Gasteiger charge is 2.22. The minimum absolute atomic E-state index is 0.0682. The summed E-state index contributed by atoms with van der Waals surface area (Å²) in [5, 5.41) is 16.0. The van der Waals surface area contributed by atoms with E-state index in [0.717, 1.165) is 32.2 Å². The number of hydrogen-bond donors (Lipinski definition) is 3. The zero-order valence-corrected chi connectivity index (χ0v) is 11.2. The first-order chi connectivity index (χ1) is 9.20. The molecule has 104 valence electrons. The Morgan fingerprint density at radius 1 is 1.37 bits per heavy atom. The monoisotopic (exact) mass is 263 g/mol. The molecule has 1 aromatic heterocycles. The minimum atomic E-state index is -0.216. The lowest BCUT2D eigenvalue weighted by Gasteiger charge is -2.29. The van der Waals surface area contributed by atoms with Crippen LogP contribution < -0.4 is 10.6 Å². The summed E-state index contributed by atoms with van der Waals surface area (Å²) in [6.07, 6.45) is 6.93. The molecule has 2 rings (SSSR count). The first kappa shape index (κ1) is 13.8. The van der Waals surface area contributed by atoms with Gasteiger partial charge < -0.3 is 15.7 Å². The largest absolute Gasteiger partial charge is 0.505 e. The van der Waals surface area contributed by atoms with Crippen LogP contribution >= 0.6 is 0 Å². The topological polar surface area (TPSA) is 74.2 Å². The number of rotatable bonds is 4. The average molecular weight is 263 g/mol. The molecule has 1 fully saturated rings. The van der Waals surface area contributed by atoms with Gasteiger partial charge >= 0.3 is 0 Å². The maximum absolute atomic E-state index is 12.0. The van der Waals surface area contributed by atoms with Gasteiger partial charge in [0.05, 0.1) is 11.8 Å². The van der Waals surface area contributed by atoms with E-state index in [2.05, 4.69) is 22.5 Å². The van der Waals surface area contributed by atoms with E-state index in [0.29, 0.717) is 11.6 Å². The molecule has 1 heterocycles. The van der Waals surface area contributed by atoms with Crippen LogP contribution in [-0.2, 0) is 0 Å². The van der Waals surface area contributed by atoms with Gasteiger partial charge in [0.1, 0.15) is 5.75 Å². The van der Waals surface area contributed by atoms with Crippen LogP contribution in [0.1, 0.15) is 43.0 Å². The Morgan fingerprint density at radius 3 is 2.68 bits per heavy atom. The van der Waals surface area contributed by atoms with Crippen LogP contribution in [0.15, 0.2) is 18.5 Å². The third kappa shape index (κ3) is 3.67. The van der Waals surface area contributed by atoms with Crippen LogP contribution in [0, 0.1) is 0 Å². The van der Waals surface area contributed by atoms with Crippen LogP contribution in [0.25, 0.3) is 0 Å². The number of carbonyl (C=O) groups is 1. The Balaban J connectivity index is 1.86. The summed E-state index contributed by atoms with van der Waals surface area (Å²) in [5.74, 6) is -0.284. The number of carbonyl (C=O) groups excluding carboxylic acids is 1. The summed E-state index contributed by atoms with van der Waals surface area (Å²) in [7, 11) is 0. The average Bonchev–Trinajstić information content (AvgIpc) is 2.42. The van der Waals surface area contributed by atoms with Gasteiger partial charge in [-0.2, -0.15) is 0 Å². The van der Waals surface area contributed by atoms with Gasteiger partial charge in [-0.25, -0.2) is 0 Å². The third-order valence-corrected chi connectivity index (χ3v) is 3.60. The van der Waals surface area contributed by atoms with Gasteiger partial charge in [0, 0.05) is 18.3 Å². The summed E-state index contributed by atoms with van der Waals surface area (Å²) >= 11 is 0. The molecule has 0 aromatic carbocycles. The summed E-state index contributed by atoms with van der Waals surface area (Å²) in [4.78, 5) is 15.8. The molecule has 1 aliphatic carbocycles. The number of hydrogen-bond acceptors (Lipinski definition) is 4. The Hall–Kier alpha value is -1.62. The van der Waals surface area contributed by atoms with E-state index in [9.17, 15) is 9.90 Å². The van der Waals surface area contributed by atoms with Crippen molar-refractivity contribution in [2.24, 2.45) is 0 Å². The van der Waals surface area contributed by atoms with Crippen molar-refractivity contribution in [1.82, 2.24) is 15.6 Å². The van der Waals surface area contributed by atoms with Crippen LogP contribution in [-0.4, -0.2) is 34.6 Å². The summed E-state index contributed by atoms with van der Waals surface area (Å²) < 4.78 is 0. The van der Waals surface area contributed by atoms with Gasteiger partial charge in [0.2, 0.25) is 0 Å². The molecule has 0 saturated heterocycles. The lowest BCUT2D eigenvalue weighted by Crippen LogP contribution is -2.42. The van der Waals surface area contributed by atoms with Crippen molar-refractivity contribution >= 4 is 5.91 Å². The second-order valence-electron chi connectivity index (χ2n) is 4.97. The van der Waals surface area contributed by atoms with Crippen LogP contribution in [0.4, 0.5) is 0 Å². The molecule has 0 spiro atoms. The molecule has 1 aliphatic rings. The van der Waals surface area contributed by atoms with Gasteiger partial charge in [-0.3, -0.25) is 9.78 Å². The number of aromatic hydroxyl groups is 1. The van der Waals surface area contributed by atoms with Gasteiger partial charge in [-0.1, -0.05) is 6.92 Å². The number of pyridine rings is 1. The van der Waals surface area contributed by atoms with E-state index < -0.39 is 0 Å². The smallest absolute Gasteiger partial charge is 0.255 e. The van der Waals surface area contributed by atoms with Gasteiger partial charge in [0.15, 0.2) is 0 Å². The van der Waals surface area contributed by atoms with E-state index >= 15 is 0 Å². The molecule has 1 saturated carbocycles. The SMILES string of the molecule is CCNC1CCC(NC(=O)c2ccncc2O)CC1. The Labute approximate surface area is 113 Å². The van der Waals surface area contributed by atoms with Crippen molar-refractivity contribution in [3.05, 3.63) is 24.0 Å². The molecular formula is C14H21N3O2. The minimum Gasteiger partial charge on any atom is -0.505 e. The second-order valence-corrected chi connectivity index (χ2v) is 4.97. The van der Waals surface area contributed by atoms with Crippen molar-refractivity contribution in [2.75, 3.05) is 6.54 Å².